The first-order chi connectivity index (χ1) is 10.2. The van der Waals surface area contributed by atoms with E-state index < -0.39 is 5.82 Å². The summed E-state index contributed by atoms with van der Waals surface area (Å²) in [5.74, 6) is 4.41. The number of aliphatic hydroxyl groups excluding tert-OH is 1. The predicted molar refractivity (Wildman–Crippen MR) is 79.1 cm³/mol. The summed E-state index contributed by atoms with van der Waals surface area (Å²) in [4.78, 5) is 12.0. The molecule has 0 bridgehead atoms. The van der Waals surface area contributed by atoms with Gasteiger partial charge in [-0.15, -0.1) is 0 Å². The highest BCUT2D eigenvalue weighted by Gasteiger charge is 2.07. The Bertz CT molecular complexity index is 687. The molecule has 1 amide bonds. The second-order valence-corrected chi connectivity index (χ2v) is 4.36. The maximum Gasteiger partial charge on any atom is 0.228 e. The van der Waals surface area contributed by atoms with Crippen LogP contribution in [0.5, 0.6) is 0 Å². The molecule has 0 unspecified atom stereocenters. The van der Waals surface area contributed by atoms with Crippen LogP contribution in [0.15, 0.2) is 48.5 Å². The van der Waals surface area contributed by atoms with Crippen LogP contribution in [0, 0.1) is 17.7 Å². The summed E-state index contributed by atoms with van der Waals surface area (Å²) >= 11 is 0. The van der Waals surface area contributed by atoms with Crippen LogP contribution in [0.1, 0.15) is 11.1 Å². The van der Waals surface area contributed by atoms with Crippen molar-refractivity contribution in [3.63, 3.8) is 0 Å². The molecule has 0 aliphatic heterocycles. The van der Waals surface area contributed by atoms with Gasteiger partial charge in [-0.1, -0.05) is 42.2 Å². The fraction of sp³-hybridized carbons (Fsp3) is 0.118. The first kappa shape index (κ1) is 14.8. The quantitative estimate of drug-likeness (QED) is 0.850. The van der Waals surface area contributed by atoms with Gasteiger partial charge in [0.25, 0.3) is 0 Å². The highest BCUT2D eigenvalue weighted by Crippen LogP contribution is 2.16. The molecule has 0 atom stereocenters. The second kappa shape index (κ2) is 7.22. The number of halogens is 1. The summed E-state index contributed by atoms with van der Waals surface area (Å²) < 4.78 is 13.2. The van der Waals surface area contributed by atoms with E-state index in [1.165, 1.54) is 18.2 Å². The van der Waals surface area contributed by atoms with Crippen molar-refractivity contribution < 1.29 is 14.3 Å². The summed E-state index contributed by atoms with van der Waals surface area (Å²) in [5, 5.41) is 11.4. The van der Waals surface area contributed by atoms with Crippen LogP contribution in [-0.4, -0.2) is 17.6 Å². The van der Waals surface area contributed by atoms with E-state index in [4.69, 9.17) is 5.11 Å². The van der Waals surface area contributed by atoms with Gasteiger partial charge in [0.05, 0.1) is 17.7 Å². The first-order valence-electron chi connectivity index (χ1n) is 6.42. The van der Waals surface area contributed by atoms with E-state index in [2.05, 4.69) is 17.2 Å². The molecule has 2 aromatic rings. The molecule has 0 fully saturated rings. The number of carbonyl (C=O) groups excluding carboxylic acids is 1. The Morgan fingerprint density at radius 2 is 1.95 bits per heavy atom. The molecule has 0 spiro atoms. The van der Waals surface area contributed by atoms with Crippen LogP contribution in [0.3, 0.4) is 0 Å². The molecule has 0 saturated carbocycles. The maximum atomic E-state index is 13.2. The minimum absolute atomic E-state index is 0.208. The average Bonchev–Trinajstić information content (AvgIpc) is 2.48. The van der Waals surface area contributed by atoms with E-state index in [-0.39, 0.29) is 18.9 Å². The van der Waals surface area contributed by atoms with Crippen molar-refractivity contribution in [2.24, 2.45) is 0 Å². The zero-order chi connectivity index (χ0) is 15.1. The standard InChI is InChI=1S/C17H14FNO2/c18-15-8-9-16(14(12-15)7-4-10-20)19-17(21)11-13-5-2-1-3-6-13/h1-3,5-6,8-9,12,20H,10-11H2,(H,19,21). The van der Waals surface area contributed by atoms with Crippen LogP contribution >= 0.6 is 0 Å². The normalized spacial score (nSPS) is 9.62. The van der Waals surface area contributed by atoms with E-state index in [1.54, 1.807) is 0 Å². The molecule has 0 heterocycles. The Hall–Kier alpha value is -2.64. The van der Waals surface area contributed by atoms with E-state index in [0.29, 0.717) is 11.3 Å². The molecule has 4 heteroatoms. The Morgan fingerprint density at radius 1 is 1.19 bits per heavy atom. The number of amides is 1. The van der Waals surface area contributed by atoms with Crippen molar-refractivity contribution in [2.45, 2.75) is 6.42 Å². The van der Waals surface area contributed by atoms with Crippen molar-refractivity contribution in [3.8, 4) is 11.8 Å². The summed E-state index contributed by atoms with van der Waals surface area (Å²) in [6.45, 7) is -0.325. The molecule has 0 radical (unpaired) electrons. The van der Waals surface area contributed by atoms with Crippen LogP contribution in [0.25, 0.3) is 0 Å². The number of hydrogen-bond acceptors (Lipinski definition) is 2. The monoisotopic (exact) mass is 283 g/mol. The van der Waals surface area contributed by atoms with Gasteiger partial charge in [-0.3, -0.25) is 4.79 Å². The minimum Gasteiger partial charge on any atom is -0.384 e. The Labute approximate surface area is 122 Å². The molecule has 0 saturated heterocycles. The molecule has 2 N–H and O–H groups in total. The number of hydrogen-bond donors (Lipinski definition) is 2. The lowest BCUT2D eigenvalue weighted by Gasteiger charge is -2.08. The van der Waals surface area contributed by atoms with Crippen LogP contribution in [0.2, 0.25) is 0 Å². The summed E-state index contributed by atoms with van der Waals surface area (Å²) in [5.41, 5.74) is 1.66. The fourth-order valence-corrected chi connectivity index (χ4v) is 1.84. The highest BCUT2D eigenvalue weighted by atomic mass is 19.1. The predicted octanol–water partition coefficient (Wildman–Crippen LogP) is 2.35. The molecule has 21 heavy (non-hydrogen) atoms. The minimum atomic E-state index is -0.446. The van der Waals surface area contributed by atoms with Crippen LogP contribution in [0.4, 0.5) is 10.1 Å². The van der Waals surface area contributed by atoms with Gasteiger partial charge < -0.3 is 10.4 Å². The van der Waals surface area contributed by atoms with Crippen LogP contribution < -0.4 is 5.32 Å². The Balaban J connectivity index is 2.13. The Kier molecular flexibility index (Phi) is 5.08. The molecule has 106 valence electrons. The fourth-order valence-electron chi connectivity index (χ4n) is 1.84. The number of carbonyl (C=O) groups is 1. The van der Waals surface area contributed by atoms with E-state index in [0.717, 1.165) is 5.56 Å². The lowest BCUT2D eigenvalue weighted by molar-refractivity contribution is -0.115. The average molecular weight is 283 g/mol. The largest absolute Gasteiger partial charge is 0.384 e. The summed E-state index contributed by atoms with van der Waals surface area (Å²) in [7, 11) is 0. The van der Waals surface area contributed by atoms with Gasteiger partial charge in [0.1, 0.15) is 12.4 Å². The lowest BCUT2D eigenvalue weighted by Crippen LogP contribution is -2.15. The SMILES string of the molecule is O=C(Cc1ccccc1)Nc1ccc(F)cc1C#CCO. The molecule has 3 nitrogen and oxygen atoms in total. The van der Waals surface area contributed by atoms with Crippen LogP contribution in [-0.2, 0) is 11.2 Å². The summed E-state index contributed by atoms with van der Waals surface area (Å²) in [6.07, 6.45) is 0.227. The molecule has 2 aromatic carbocycles. The molecular weight excluding hydrogens is 269 g/mol. The third-order valence-electron chi connectivity index (χ3n) is 2.77. The van der Waals surface area contributed by atoms with E-state index >= 15 is 0 Å². The summed E-state index contributed by atoms with van der Waals surface area (Å²) in [6, 6.07) is 13.2. The highest BCUT2D eigenvalue weighted by molar-refractivity contribution is 5.93. The number of aliphatic hydroxyl groups is 1. The Morgan fingerprint density at radius 3 is 2.67 bits per heavy atom. The van der Waals surface area contributed by atoms with Gasteiger partial charge >= 0.3 is 0 Å². The maximum absolute atomic E-state index is 13.2. The molecule has 0 aromatic heterocycles. The van der Waals surface area contributed by atoms with E-state index in [9.17, 15) is 9.18 Å². The number of anilines is 1. The number of nitrogens with one attached hydrogen (secondary N) is 1. The first-order valence-corrected chi connectivity index (χ1v) is 6.42. The number of benzene rings is 2. The second-order valence-electron chi connectivity index (χ2n) is 4.36. The van der Waals surface area contributed by atoms with Gasteiger partial charge in [-0.05, 0) is 23.8 Å². The third kappa shape index (κ3) is 4.44. The number of rotatable bonds is 3. The topological polar surface area (TPSA) is 49.3 Å². The molecule has 0 aliphatic carbocycles. The van der Waals surface area contributed by atoms with Gasteiger partial charge in [0, 0.05) is 0 Å². The van der Waals surface area contributed by atoms with Gasteiger partial charge in [-0.2, -0.15) is 0 Å². The van der Waals surface area contributed by atoms with Gasteiger partial charge in [-0.25, -0.2) is 4.39 Å². The van der Waals surface area contributed by atoms with Crippen molar-refractivity contribution in [2.75, 3.05) is 11.9 Å². The zero-order valence-corrected chi connectivity index (χ0v) is 11.3. The zero-order valence-electron chi connectivity index (χ0n) is 11.3. The molecular formula is C17H14FNO2. The van der Waals surface area contributed by atoms with Gasteiger partial charge in [0.2, 0.25) is 5.91 Å². The van der Waals surface area contributed by atoms with E-state index in [1.807, 2.05) is 30.3 Å². The molecule has 2 rings (SSSR count). The van der Waals surface area contributed by atoms with Gasteiger partial charge in [0.15, 0.2) is 0 Å². The van der Waals surface area contributed by atoms with Crippen molar-refractivity contribution >= 4 is 11.6 Å². The third-order valence-corrected chi connectivity index (χ3v) is 2.77. The van der Waals surface area contributed by atoms with Crippen molar-refractivity contribution in [1.82, 2.24) is 0 Å². The van der Waals surface area contributed by atoms with Crippen molar-refractivity contribution in [1.29, 1.82) is 0 Å². The van der Waals surface area contributed by atoms with Crippen molar-refractivity contribution in [3.05, 3.63) is 65.5 Å². The lowest BCUT2D eigenvalue weighted by atomic mass is 10.1. The molecule has 0 aliphatic rings. The smallest absolute Gasteiger partial charge is 0.228 e.